The Hall–Kier alpha value is -2.40. The lowest BCUT2D eigenvalue weighted by molar-refractivity contribution is 0.0865. The van der Waals surface area contributed by atoms with Crippen LogP contribution in [0.2, 0.25) is 0 Å². The molecule has 0 spiro atoms. The van der Waals surface area contributed by atoms with Crippen LogP contribution in [-0.4, -0.2) is 52.0 Å². The molecule has 2 aromatic rings. The highest BCUT2D eigenvalue weighted by Gasteiger charge is 2.25. The lowest BCUT2D eigenvalue weighted by Crippen LogP contribution is -2.39. The van der Waals surface area contributed by atoms with Crippen LogP contribution < -0.4 is 18.9 Å². The van der Waals surface area contributed by atoms with Gasteiger partial charge in [0.15, 0.2) is 23.0 Å². The average molecular weight is 400 g/mol. The van der Waals surface area contributed by atoms with Crippen LogP contribution in [0.4, 0.5) is 0 Å². The number of rotatable bonds is 9. The molecular weight excluding hydrogens is 366 g/mol. The molecule has 0 radical (unpaired) electrons. The van der Waals surface area contributed by atoms with E-state index in [2.05, 4.69) is 24.0 Å². The molecule has 0 N–H and O–H groups in total. The zero-order valence-corrected chi connectivity index (χ0v) is 18.0. The second-order valence-corrected chi connectivity index (χ2v) is 7.59. The zero-order chi connectivity index (χ0) is 20.6. The lowest BCUT2D eigenvalue weighted by atomic mass is 9.91. The Bertz CT molecular complexity index is 771. The van der Waals surface area contributed by atoms with Crippen molar-refractivity contribution in [1.82, 2.24) is 4.90 Å². The van der Waals surface area contributed by atoms with Crippen molar-refractivity contribution < 1.29 is 18.9 Å². The van der Waals surface area contributed by atoms with E-state index in [0.717, 1.165) is 61.9 Å². The fourth-order valence-electron chi connectivity index (χ4n) is 3.98. The topological polar surface area (TPSA) is 40.2 Å². The normalized spacial score (nSPS) is 16.3. The maximum atomic E-state index is 6.22. The van der Waals surface area contributed by atoms with E-state index in [1.807, 2.05) is 30.3 Å². The lowest BCUT2D eigenvalue weighted by Gasteiger charge is -2.35. The predicted octanol–water partition coefficient (Wildman–Crippen LogP) is 4.43. The smallest absolute Gasteiger partial charge is 0.161 e. The second-order valence-electron chi connectivity index (χ2n) is 7.59. The number of likely N-dealkylation sites (tertiary alicyclic amines) is 1. The van der Waals surface area contributed by atoms with Gasteiger partial charge in [0.1, 0.15) is 0 Å². The molecule has 0 aromatic heterocycles. The molecule has 5 nitrogen and oxygen atoms in total. The Morgan fingerprint density at radius 1 is 0.862 bits per heavy atom. The first-order valence-corrected chi connectivity index (χ1v) is 10.4. The fourth-order valence-corrected chi connectivity index (χ4v) is 3.98. The van der Waals surface area contributed by atoms with Crippen LogP contribution in [-0.2, 0) is 6.42 Å². The standard InChI is InChI=1S/C24H33NO4/c1-18(29-23-8-6-5-7-21(23)26-2)20-12-15-25(16-13-20)14-11-19-9-10-22(27-3)24(17-19)28-4/h5-10,17-18,20H,11-16H2,1-4H3. The first-order chi connectivity index (χ1) is 14.1. The molecule has 0 saturated carbocycles. The Morgan fingerprint density at radius 2 is 1.48 bits per heavy atom. The first-order valence-electron chi connectivity index (χ1n) is 10.4. The van der Waals surface area contributed by atoms with Gasteiger partial charge in [-0.3, -0.25) is 0 Å². The minimum atomic E-state index is 0.180. The molecule has 0 bridgehead atoms. The average Bonchev–Trinajstić information content (AvgIpc) is 2.78. The van der Waals surface area contributed by atoms with Crippen molar-refractivity contribution in [2.24, 2.45) is 5.92 Å². The van der Waals surface area contributed by atoms with E-state index in [1.54, 1.807) is 21.3 Å². The zero-order valence-electron chi connectivity index (χ0n) is 18.0. The van der Waals surface area contributed by atoms with E-state index in [0.29, 0.717) is 5.92 Å². The summed E-state index contributed by atoms with van der Waals surface area (Å²) in [5, 5.41) is 0. The van der Waals surface area contributed by atoms with Crippen LogP contribution in [0, 0.1) is 5.92 Å². The molecule has 1 fully saturated rings. The number of methoxy groups -OCH3 is 3. The number of nitrogens with zero attached hydrogens (tertiary/aromatic N) is 1. The van der Waals surface area contributed by atoms with Gasteiger partial charge in [-0.25, -0.2) is 0 Å². The maximum Gasteiger partial charge on any atom is 0.161 e. The van der Waals surface area contributed by atoms with Gasteiger partial charge >= 0.3 is 0 Å². The number of piperidine rings is 1. The predicted molar refractivity (Wildman–Crippen MR) is 115 cm³/mol. The molecular formula is C24H33NO4. The van der Waals surface area contributed by atoms with Gasteiger partial charge in [-0.05, 0) is 75.0 Å². The molecule has 1 aliphatic heterocycles. The van der Waals surface area contributed by atoms with Crippen LogP contribution in [0.25, 0.3) is 0 Å². The Kier molecular flexibility index (Phi) is 7.64. The van der Waals surface area contributed by atoms with Gasteiger partial charge in [0, 0.05) is 6.54 Å². The Morgan fingerprint density at radius 3 is 2.14 bits per heavy atom. The molecule has 1 unspecified atom stereocenters. The number of hydrogen-bond donors (Lipinski definition) is 0. The van der Waals surface area contributed by atoms with E-state index < -0.39 is 0 Å². The van der Waals surface area contributed by atoms with E-state index in [9.17, 15) is 0 Å². The van der Waals surface area contributed by atoms with Gasteiger partial charge in [-0.1, -0.05) is 18.2 Å². The molecule has 2 aromatic carbocycles. The SMILES string of the molecule is COc1ccc(CCN2CCC(C(C)Oc3ccccc3OC)CC2)cc1OC. The van der Waals surface area contributed by atoms with Gasteiger partial charge < -0.3 is 23.8 Å². The van der Waals surface area contributed by atoms with Crippen molar-refractivity contribution in [3.8, 4) is 23.0 Å². The second kappa shape index (κ2) is 10.4. The highest BCUT2D eigenvalue weighted by atomic mass is 16.5. The summed E-state index contributed by atoms with van der Waals surface area (Å²) in [5.41, 5.74) is 1.28. The van der Waals surface area contributed by atoms with Crippen molar-refractivity contribution in [3.05, 3.63) is 48.0 Å². The third-order valence-electron chi connectivity index (χ3n) is 5.84. The molecule has 0 aliphatic carbocycles. The quantitative estimate of drug-likeness (QED) is 0.624. The number of ether oxygens (including phenoxy) is 4. The molecule has 158 valence electrons. The van der Waals surface area contributed by atoms with Crippen LogP contribution in [0.5, 0.6) is 23.0 Å². The van der Waals surface area contributed by atoms with Gasteiger partial charge in [0.05, 0.1) is 27.4 Å². The molecule has 5 heteroatoms. The summed E-state index contributed by atoms with van der Waals surface area (Å²) in [7, 11) is 5.03. The molecule has 1 heterocycles. The van der Waals surface area contributed by atoms with Crippen molar-refractivity contribution in [2.75, 3.05) is 41.0 Å². The Labute approximate surface area is 174 Å². The summed E-state index contributed by atoms with van der Waals surface area (Å²) in [6, 6.07) is 14.1. The minimum absolute atomic E-state index is 0.180. The number of para-hydroxylation sites is 2. The summed E-state index contributed by atoms with van der Waals surface area (Å²) >= 11 is 0. The van der Waals surface area contributed by atoms with Crippen LogP contribution in [0.15, 0.2) is 42.5 Å². The fraction of sp³-hybridized carbons (Fsp3) is 0.500. The van der Waals surface area contributed by atoms with E-state index in [1.165, 1.54) is 5.56 Å². The van der Waals surface area contributed by atoms with Gasteiger partial charge in [-0.15, -0.1) is 0 Å². The van der Waals surface area contributed by atoms with Crippen LogP contribution in [0.3, 0.4) is 0 Å². The van der Waals surface area contributed by atoms with Crippen molar-refractivity contribution in [1.29, 1.82) is 0 Å². The largest absolute Gasteiger partial charge is 0.493 e. The summed E-state index contributed by atoms with van der Waals surface area (Å²) in [6.45, 7) is 5.45. The van der Waals surface area contributed by atoms with E-state index in [-0.39, 0.29) is 6.10 Å². The van der Waals surface area contributed by atoms with Gasteiger partial charge in [0.25, 0.3) is 0 Å². The summed E-state index contributed by atoms with van der Waals surface area (Å²) in [6.07, 6.45) is 3.50. The first kappa shape index (κ1) is 21.3. The van der Waals surface area contributed by atoms with Crippen molar-refractivity contribution in [2.45, 2.75) is 32.3 Å². The molecule has 3 rings (SSSR count). The maximum absolute atomic E-state index is 6.22. The van der Waals surface area contributed by atoms with Gasteiger partial charge in [-0.2, -0.15) is 0 Å². The number of hydrogen-bond acceptors (Lipinski definition) is 5. The van der Waals surface area contributed by atoms with Crippen molar-refractivity contribution >= 4 is 0 Å². The number of benzene rings is 2. The molecule has 1 aliphatic rings. The Balaban J connectivity index is 1.46. The van der Waals surface area contributed by atoms with E-state index >= 15 is 0 Å². The van der Waals surface area contributed by atoms with Crippen LogP contribution in [0.1, 0.15) is 25.3 Å². The van der Waals surface area contributed by atoms with Crippen molar-refractivity contribution in [3.63, 3.8) is 0 Å². The highest BCUT2D eigenvalue weighted by molar-refractivity contribution is 5.43. The summed E-state index contributed by atoms with van der Waals surface area (Å²) < 4.78 is 22.4. The minimum Gasteiger partial charge on any atom is -0.493 e. The molecule has 29 heavy (non-hydrogen) atoms. The molecule has 1 saturated heterocycles. The third-order valence-corrected chi connectivity index (χ3v) is 5.84. The van der Waals surface area contributed by atoms with Gasteiger partial charge in [0.2, 0.25) is 0 Å². The molecule has 0 amide bonds. The summed E-state index contributed by atoms with van der Waals surface area (Å²) in [4.78, 5) is 2.54. The van der Waals surface area contributed by atoms with E-state index in [4.69, 9.17) is 18.9 Å². The highest BCUT2D eigenvalue weighted by Crippen LogP contribution is 2.31. The summed E-state index contributed by atoms with van der Waals surface area (Å²) in [5.74, 6) is 3.77. The van der Waals surface area contributed by atoms with Crippen LogP contribution >= 0.6 is 0 Å². The molecule has 1 atom stereocenters. The third kappa shape index (κ3) is 5.57. The monoisotopic (exact) mass is 399 g/mol.